The highest BCUT2D eigenvalue weighted by atomic mass is 32.3. The number of imidazole rings is 1. The van der Waals surface area contributed by atoms with Crippen LogP contribution in [-0.2, 0) is 71.2 Å². The smallest absolute Gasteiger partial charge is 0.464 e. The Morgan fingerprint density at radius 2 is 1.02 bits per heavy atom. The van der Waals surface area contributed by atoms with E-state index in [1.165, 1.54) is 81.4 Å². The zero-order valence-corrected chi connectivity index (χ0v) is 76.0. The number of aliphatic hydroxyl groups excluding tert-OH is 1. The molecule has 34 heteroatoms. The van der Waals surface area contributed by atoms with Crippen LogP contribution in [-0.4, -0.2) is 201 Å². The monoisotopic (exact) mass is 1870 g/mol. The Bertz CT molecular complexity index is 5170. The fraction of sp³-hybridized carbons (Fsp3) is 0.421. The third-order valence-electron chi connectivity index (χ3n) is 21.9. The molecule has 1 atom stereocenters. The van der Waals surface area contributed by atoms with E-state index in [1.54, 1.807) is 4.90 Å². The molecule has 8 aromatic carbocycles. The van der Waals surface area contributed by atoms with Crippen molar-refractivity contribution in [2.75, 3.05) is 78.7 Å². The number of piperazine rings is 1. The molecule has 3 saturated heterocycles. The molecule has 5 aliphatic rings. The van der Waals surface area contributed by atoms with E-state index in [4.69, 9.17) is 19.2 Å². The SMILES string of the molecule is CCC(C)(C)OC(=O)N1CCC(O)CC1.CCCCCCCCCCCC(=O)OCCN1CCOCC1.O=C1CCCC1N1CCN(S(=O)(=O)C(F)(F)C(F)(F)C(F)(F)S(=O)(=O)[N-]S(=O)(=O)C(F)(F)F)CC1.c1ccc(-c2nc(-c3ccccc3)c(-c3ccccc3)[nH]2)cc1.c1ccc(C2=Nc3ccccc3C2)cc1.c1ccc([S+](c2ccccc2)c2ccccc2)cc1. The minimum Gasteiger partial charge on any atom is -0.464 e. The molecule has 698 valence electrons. The van der Waals surface area contributed by atoms with E-state index < -0.39 is 89.8 Å². The fourth-order valence-electron chi connectivity index (χ4n) is 14.2. The Labute approximate surface area is 753 Å². The van der Waals surface area contributed by atoms with Crippen LogP contribution in [0.25, 0.3) is 38.0 Å². The van der Waals surface area contributed by atoms with Crippen molar-refractivity contribution < 1.29 is 98.5 Å². The van der Waals surface area contributed by atoms with Crippen molar-refractivity contribution >= 4 is 70.2 Å². The Kier molecular flexibility index (Phi) is 39.2. The molecule has 4 aliphatic heterocycles. The summed E-state index contributed by atoms with van der Waals surface area (Å²) in [7, 11) is -22.2. The van der Waals surface area contributed by atoms with E-state index in [9.17, 15) is 84.3 Å². The molecule has 2 N–H and O–H groups in total. The number of piperidine rings is 1. The zero-order valence-electron chi connectivity index (χ0n) is 72.7. The van der Waals surface area contributed by atoms with Gasteiger partial charge in [-0.1, -0.05) is 259 Å². The summed E-state index contributed by atoms with van der Waals surface area (Å²) in [5, 5.41) is -5.07. The number of likely N-dealkylation sites (tertiary alicyclic amines) is 1. The van der Waals surface area contributed by atoms with Gasteiger partial charge in [-0.25, -0.2) is 35.0 Å². The standard InChI is InChI=1S/C21H16N2.C18H35NO3.C18H15S.C14H11N.C13H15F9N3O7S3.C11H21NO3/c1-4-10-16(11-5-1)19-20(17-12-6-2-7-13-17)23-21(22-19)18-14-8-3-9-15-18;1-2-3-4-5-6-7-8-9-10-11-18(20)22-17-14-19-12-15-21-16-13-19;1-4-10-16(11-5-1)19(17-12-6-2-7-13-17)18-14-8-3-9-15-18;1-2-6-11(7-3-1)14-10-12-8-4-5-9-13(12)15-14;14-10(15,11(16,17)33(27,28)23-34(29,30)13(20,21)22)12(18,19)35(31,32)25-6-4-24(5-7-25)8-2-1-3-9(8)26;1-4-11(2,3)15-10(14)12-7-5-9(13)6-8-12/h1-15H,(H,22,23);2-17H2,1H3;1-15H;1-9H,10H2;8H,1-7H2;9,13H,4-8H2,1-3H3/q;;+1;;-1;. The number of esters is 1. The number of carbonyl (C=O) groups excluding carboxylic acids is 3. The first-order valence-corrected chi connectivity index (χ1v) is 48.7. The molecule has 9 aromatic rings. The van der Waals surface area contributed by atoms with Gasteiger partial charge in [0.25, 0.3) is 10.0 Å². The maximum Gasteiger partial charge on any atom is 0.480 e. The molecule has 14 rings (SSSR count). The molecule has 1 amide bonds. The van der Waals surface area contributed by atoms with Gasteiger partial charge in [-0.3, -0.25) is 24.4 Å². The third-order valence-corrected chi connectivity index (χ3v) is 29.1. The molecule has 1 aliphatic carbocycles. The lowest BCUT2D eigenvalue weighted by Crippen LogP contribution is -2.65. The number of Topliss-reactive ketones (excluding diaryl/α,β-unsaturated/α-hetero) is 1. The number of unbranched alkanes of at least 4 members (excludes halogenated alkanes) is 8. The average Bonchev–Trinajstić information content (AvgIpc) is 1.70. The summed E-state index contributed by atoms with van der Waals surface area (Å²) >= 11 is 0. The number of rotatable bonds is 30. The van der Waals surface area contributed by atoms with Crippen molar-refractivity contribution in [1.82, 2.24) is 29.0 Å². The number of nitrogens with one attached hydrogen (secondary N) is 1. The highest BCUT2D eigenvalue weighted by molar-refractivity contribution is 8.13. The topological polar surface area (TPSA) is 270 Å². The van der Waals surface area contributed by atoms with Crippen LogP contribution in [0.4, 0.5) is 50.0 Å². The number of sulfonamides is 3. The Morgan fingerprint density at radius 3 is 1.50 bits per heavy atom. The lowest BCUT2D eigenvalue weighted by Gasteiger charge is -2.40. The number of aromatic amines is 1. The maximum absolute atomic E-state index is 14.3. The van der Waals surface area contributed by atoms with Crippen molar-refractivity contribution in [1.29, 1.82) is 0 Å². The number of hydrogen-bond acceptors (Lipinski definition) is 17. The molecule has 21 nitrogen and oxygen atoms in total. The van der Waals surface area contributed by atoms with Gasteiger partial charge in [0.15, 0.2) is 34.7 Å². The summed E-state index contributed by atoms with van der Waals surface area (Å²) in [5.74, 6) is -6.87. The van der Waals surface area contributed by atoms with Crippen molar-refractivity contribution in [2.45, 2.75) is 191 Å². The number of aliphatic hydroxyl groups is 1. The molecular formula is C95H113F9N8O13S4. The summed E-state index contributed by atoms with van der Waals surface area (Å²) in [6.07, 6.45) is 15.6. The zero-order chi connectivity index (χ0) is 93.3. The van der Waals surface area contributed by atoms with Crippen LogP contribution in [0.1, 0.15) is 142 Å². The van der Waals surface area contributed by atoms with E-state index in [2.05, 4.69) is 192 Å². The molecule has 129 heavy (non-hydrogen) atoms. The maximum atomic E-state index is 14.3. The summed E-state index contributed by atoms with van der Waals surface area (Å²) in [5.41, 5.74) is 3.15. The van der Waals surface area contributed by atoms with Gasteiger partial charge < -0.3 is 33.3 Å². The largest absolute Gasteiger partial charge is 0.480 e. The van der Waals surface area contributed by atoms with Crippen LogP contribution in [0.5, 0.6) is 0 Å². The van der Waals surface area contributed by atoms with Crippen LogP contribution in [0.15, 0.2) is 256 Å². The highest BCUT2D eigenvalue weighted by Crippen LogP contribution is 2.54. The summed E-state index contributed by atoms with van der Waals surface area (Å²) in [6.45, 7) is 11.2. The van der Waals surface area contributed by atoms with Gasteiger partial charge in [0, 0.05) is 94.9 Å². The number of amides is 1. The molecule has 0 bridgehead atoms. The van der Waals surface area contributed by atoms with E-state index in [0.29, 0.717) is 55.9 Å². The molecule has 4 fully saturated rings. The minimum absolute atomic E-state index is 0.0146. The number of fused-ring (bicyclic) bond motifs is 1. The van der Waals surface area contributed by atoms with Gasteiger partial charge in [0.05, 0.1) is 59.0 Å². The Morgan fingerprint density at radius 1 is 0.550 bits per heavy atom. The van der Waals surface area contributed by atoms with Gasteiger partial charge in [0.2, 0.25) is 0 Å². The first kappa shape index (κ1) is 103. The normalized spacial score (nSPS) is 16.2. The van der Waals surface area contributed by atoms with Crippen LogP contribution in [0, 0.1) is 0 Å². The van der Waals surface area contributed by atoms with Crippen molar-refractivity contribution in [2.24, 2.45) is 4.99 Å². The number of ether oxygens (including phenoxy) is 3. The Hall–Kier alpha value is -9.62. The van der Waals surface area contributed by atoms with Crippen LogP contribution >= 0.6 is 0 Å². The number of alkyl halides is 9. The lowest BCUT2D eigenvalue weighted by molar-refractivity contribution is -0.244. The second kappa shape index (κ2) is 49.0. The third kappa shape index (κ3) is 29.4. The summed E-state index contributed by atoms with van der Waals surface area (Å²) in [6, 6.07) is 81.0. The molecule has 1 unspecified atom stereocenters. The van der Waals surface area contributed by atoms with Crippen LogP contribution < -0.4 is 0 Å². The van der Waals surface area contributed by atoms with Crippen molar-refractivity contribution in [3.63, 3.8) is 0 Å². The first-order valence-electron chi connectivity index (χ1n) is 43.2. The second-order valence-electron chi connectivity index (χ2n) is 31.7. The van der Waals surface area contributed by atoms with Gasteiger partial charge in [-0.05, 0) is 106 Å². The molecule has 1 aromatic heterocycles. The number of carbonyl (C=O) groups is 3. The number of halogens is 9. The first-order chi connectivity index (χ1) is 61.5. The fourth-order valence-corrected chi connectivity index (χ4v) is 20.0. The quantitative estimate of drug-likeness (QED) is 0.0183. The lowest BCUT2D eigenvalue weighted by atomic mass is 10.0. The number of H-pyrrole nitrogens is 1. The summed E-state index contributed by atoms with van der Waals surface area (Å²) < 4.78 is 206. The van der Waals surface area contributed by atoms with Crippen LogP contribution in [0.2, 0.25) is 0 Å². The molecular weight excluding hydrogens is 1760 g/mol. The molecule has 5 heterocycles. The predicted octanol–water partition coefficient (Wildman–Crippen LogP) is 20.5. The molecule has 0 radical (unpaired) electrons. The van der Waals surface area contributed by atoms with E-state index in [-0.39, 0.29) is 45.6 Å². The number of hydrogen-bond donors (Lipinski definition) is 2. The van der Waals surface area contributed by atoms with Gasteiger partial charge >= 0.3 is 34.0 Å². The number of ketones is 1. The molecule has 0 spiro atoms. The molecule has 1 saturated carbocycles. The van der Waals surface area contributed by atoms with Gasteiger partial charge in [0.1, 0.15) is 23.8 Å². The number of morpholine rings is 1. The van der Waals surface area contributed by atoms with Crippen molar-refractivity contribution in [3.05, 3.63) is 252 Å². The Balaban J connectivity index is 0.000000179. The van der Waals surface area contributed by atoms with Gasteiger partial charge in [-0.15, -0.1) is 0 Å². The van der Waals surface area contributed by atoms with E-state index in [1.807, 2.05) is 87.5 Å². The summed E-state index contributed by atoms with van der Waals surface area (Å²) in [4.78, 5) is 57.5. The number of aromatic nitrogens is 2. The van der Waals surface area contributed by atoms with Gasteiger partial charge in [-0.2, -0.15) is 43.8 Å². The number of para-hydroxylation sites is 1. The van der Waals surface area contributed by atoms with Crippen LogP contribution in [0.3, 0.4) is 0 Å². The number of aliphatic imine (C=N–C) groups is 1. The number of nitrogens with zero attached hydrogens (tertiary/aromatic N) is 7. The second-order valence-corrected chi connectivity index (χ2v) is 39.2. The van der Waals surface area contributed by atoms with Crippen molar-refractivity contribution in [3.8, 4) is 33.9 Å². The predicted molar refractivity (Wildman–Crippen MR) is 484 cm³/mol. The average molecular weight is 1870 g/mol. The number of benzene rings is 8. The highest BCUT2D eigenvalue weighted by Gasteiger charge is 2.81. The minimum atomic E-state index is -7.93. The van der Waals surface area contributed by atoms with E-state index in [0.717, 1.165) is 98.1 Å². The van der Waals surface area contributed by atoms with E-state index >= 15 is 0 Å².